The van der Waals surface area contributed by atoms with Crippen molar-refractivity contribution in [2.24, 2.45) is 0 Å². The maximum Gasteiger partial charge on any atom is 0.573 e. The van der Waals surface area contributed by atoms with E-state index < -0.39 is 18.3 Å². The molecule has 7 rings (SSSR count). The van der Waals surface area contributed by atoms with Gasteiger partial charge in [-0.15, -0.1) is 13.2 Å². The fraction of sp³-hybridized carbons (Fsp3) is 0.378. The molecular weight excluding hydrogens is 679 g/mol. The lowest BCUT2D eigenvalue weighted by Crippen LogP contribution is -2.46. The lowest BCUT2D eigenvalue weighted by Gasteiger charge is -2.37. The molecule has 0 N–H and O–H groups in total. The first-order valence-corrected chi connectivity index (χ1v) is 17.2. The minimum atomic E-state index is -4.79. The van der Waals surface area contributed by atoms with E-state index in [-0.39, 0.29) is 37.2 Å². The molecule has 1 unspecified atom stereocenters. The highest BCUT2D eigenvalue weighted by molar-refractivity contribution is 5.54. The van der Waals surface area contributed by atoms with Gasteiger partial charge in [-0.3, -0.25) is 4.68 Å². The van der Waals surface area contributed by atoms with Crippen LogP contribution in [0.25, 0.3) is 5.69 Å². The predicted molar refractivity (Wildman–Crippen MR) is 187 cm³/mol. The molecule has 0 amide bonds. The Balaban J connectivity index is 0.920. The molecule has 52 heavy (non-hydrogen) atoms. The average molecular weight is 720 g/mol. The standard InChI is InChI=1S/C37H40F3N7O5/c1-3-27(2)47-35(48)46(26-42-47)31-9-7-29(8-10-31)43-19-21-44(22-20-43)30-11-15-32(16-12-30)49-23-34-24-50-36(51-34,25-45-18-4-17-41-45)28-5-13-33(14-6-28)52-37(38,39)40/h4-18,26-27,34H,3,19-25H2,1-2H3/t27?,34-,36-/m1/s1. The first-order chi connectivity index (χ1) is 25.1. The van der Waals surface area contributed by atoms with Gasteiger partial charge in [0.1, 0.15) is 30.5 Å². The van der Waals surface area contributed by atoms with E-state index in [4.69, 9.17) is 14.2 Å². The normalized spacial score (nSPS) is 19.9. The molecule has 2 saturated heterocycles. The zero-order chi connectivity index (χ0) is 36.3. The Bertz CT molecular complexity index is 1960. The highest BCUT2D eigenvalue weighted by Gasteiger charge is 2.44. The molecule has 4 heterocycles. The molecular formula is C37H40F3N7O5. The maximum absolute atomic E-state index is 12.8. The number of aromatic nitrogens is 5. The topological polar surface area (TPSA) is 101 Å². The fourth-order valence-electron chi connectivity index (χ4n) is 6.45. The molecule has 3 atom stereocenters. The molecule has 0 saturated carbocycles. The lowest BCUT2D eigenvalue weighted by molar-refractivity contribution is -0.274. The van der Waals surface area contributed by atoms with Crippen molar-refractivity contribution in [2.75, 3.05) is 49.2 Å². The minimum absolute atomic E-state index is 0.0458. The molecule has 5 aromatic rings. The molecule has 12 nitrogen and oxygen atoms in total. The summed E-state index contributed by atoms with van der Waals surface area (Å²) in [4.78, 5) is 17.5. The van der Waals surface area contributed by atoms with E-state index in [1.54, 1.807) is 34.0 Å². The van der Waals surface area contributed by atoms with Gasteiger partial charge in [-0.2, -0.15) is 10.2 Å². The van der Waals surface area contributed by atoms with Crippen LogP contribution in [0.5, 0.6) is 11.5 Å². The summed E-state index contributed by atoms with van der Waals surface area (Å²) in [5.74, 6) is -0.930. The Kier molecular flexibility index (Phi) is 9.97. The van der Waals surface area contributed by atoms with Gasteiger partial charge in [0.2, 0.25) is 5.79 Å². The van der Waals surface area contributed by atoms with E-state index in [0.29, 0.717) is 11.3 Å². The summed E-state index contributed by atoms with van der Waals surface area (Å²) in [6.07, 6.45) is 0.572. The van der Waals surface area contributed by atoms with Gasteiger partial charge in [0, 0.05) is 55.5 Å². The van der Waals surface area contributed by atoms with Gasteiger partial charge in [-0.25, -0.2) is 14.0 Å². The largest absolute Gasteiger partial charge is 0.573 e. The number of nitrogens with zero attached hydrogens (tertiary/aromatic N) is 7. The van der Waals surface area contributed by atoms with Crippen LogP contribution in [-0.4, -0.2) is 76.0 Å². The molecule has 2 aliphatic heterocycles. The van der Waals surface area contributed by atoms with Gasteiger partial charge in [0.15, 0.2) is 0 Å². The molecule has 2 aliphatic rings. The summed E-state index contributed by atoms with van der Waals surface area (Å²) in [6, 6.07) is 23.2. The van der Waals surface area contributed by atoms with Crippen LogP contribution in [0.1, 0.15) is 31.9 Å². The highest BCUT2D eigenvalue weighted by atomic mass is 19.4. The third-order valence-electron chi connectivity index (χ3n) is 9.43. The summed E-state index contributed by atoms with van der Waals surface area (Å²) in [5, 5.41) is 8.54. The zero-order valence-corrected chi connectivity index (χ0v) is 28.9. The van der Waals surface area contributed by atoms with Crippen molar-refractivity contribution in [3.8, 4) is 17.2 Å². The number of anilines is 2. The minimum Gasteiger partial charge on any atom is -0.491 e. The second kappa shape index (κ2) is 14.8. The molecule has 3 aromatic carbocycles. The zero-order valence-electron chi connectivity index (χ0n) is 28.9. The number of benzene rings is 3. The summed E-state index contributed by atoms with van der Waals surface area (Å²) in [5.41, 5.74) is 3.38. The summed E-state index contributed by atoms with van der Waals surface area (Å²) in [7, 11) is 0. The first kappa shape index (κ1) is 35.1. The number of halogens is 3. The monoisotopic (exact) mass is 719 g/mol. The molecule has 0 bridgehead atoms. The van der Waals surface area contributed by atoms with Crippen LogP contribution in [0.15, 0.2) is 102 Å². The maximum atomic E-state index is 12.8. The molecule has 0 radical (unpaired) electrons. The number of ether oxygens (including phenoxy) is 4. The van der Waals surface area contributed by atoms with E-state index in [1.807, 2.05) is 62.4 Å². The van der Waals surface area contributed by atoms with Gasteiger partial charge >= 0.3 is 12.1 Å². The number of alkyl halides is 3. The summed E-state index contributed by atoms with van der Waals surface area (Å²) in [6.45, 7) is 8.02. The fourth-order valence-corrected chi connectivity index (χ4v) is 6.45. The third kappa shape index (κ3) is 7.79. The second-order valence-corrected chi connectivity index (χ2v) is 12.9. The van der Waals surface area contributed by atoms with Gasteiger partial charge in [-0.05, 0) is 92.2 Å². The Labute approximate surface area is 298 Å². The van der Waals surface area contributed by atoms with E-state index in [9.17, 15) is 18.0 Å². The molecule has 2 fully saturated rings. The highest BCUT2D eigenvalue weighted by Crippen LogP contribution is 2.37. The summed E-state index contributed by atoms with van der Waals surface area (Å²) < 4.78 is 65.5. The molecule has 15 heteroatoms. The van der Waals surface area contributed by atoms with E-state index >= 15 is 0 Å². The molecule has 2 aromatic heterocycles. The van der Waals surface area contributed by atoms with E-state index in [0.717, 1.165) is 49.7 Å². The Morgan fingerprint density at radius 1 is 0.885 bits per heavy atom. The van der Waals surface area contributed by atoms with Crippen molar-refractivity contribution in [1.29, 1.82) is 0 Å². The van der Waals surface area contributed by atoms with Crippen LogP contribution in [0, 0.1) is 0 Å². The van der Waals surface area contributed by atoms with Gasteiger partial charge in [0.25, 0.3) is 0 Å². The van der Waals surface area contributed by atoms with Crippen molar-refractivity contribution in [1.82, 2.24) is 24.1 Å². The smallest absolute Gasteiger partial charge is 0.491 e. The van der Waals surface area contributed by atoms with Crippen LogP contribution >= 0.6 is 0 Å². The Hall–Kier alpha value is -5.28. The van der Waals surface area contributed by atoms with Crippen LogP contribution in [0.2, 0.25) is 0 Å². The van der Waals surface area contributed by atoms with Crippen molar-refractivity contribution in [2.45, 2.75) is 51.1 Å². The van der Waals surface area contributed by atoms with Crippen molar-refractivity contribution in [3.63, 3.8) is 0 Å². The van der Waals surface area contributed by atoms with E-state index in [1.165, 1.54) is 28.9 Å². The second-order valence-electron chi connectivity index (χ2n) is 12.9. The Morgan fingerprint density at radius 3 is 2.10 bits per heavy atom. The van der Waals surface area contributed by atoms with E-state index in [2.05, 4.69) is 24.7 Å². The van der Waals surface area contributed by atoms with Crippen LogP contribution < -0.4 is 25.0 Å². The lowest BCUT2D eigenvalue weighted by atomic mass is 10.1. The number of hydrogen-bond acceptors (Lipinski definition) is 9. The number of piperazine rings is 1. The first-order valence-electron chi connectivity index (χ1n) is 17.2. The number of rotatable bonds is 12. The van der Waals surface area contributed by atoms with Gasteiger partial charge in [-0.1, -0.05) is 6.92 Å². The SMILES string of the molecule is CCC(C)n1ncn(-c2ccc(N3CCN(c4ccc(OC[C@@H]5CO[C@@](Cn6cccn6)(c6ccc(OC(F)(F)F)cc6)O5)cc4)CC3)cc2)c1=O. The summed E-state index contributed by atoms with van der Waals surface area (Å²) >= 11 is 0. The van der Waals surface area contributed by atoms with Crippen molar-refractivity contribution in [3.05, 3.63) is 114 Å². The van der Waals surface area contributed by atoms with Crippen molar-refractivity contribution < 1.29 is 32.1 Å². The van der Waals surface area contributed by atoms with Crippen LogP contribution in [-0.2, 0) is 21.8 Å². The number of hydrogen-bond donors (Lipinski definition) is 0. The third-order valence-corrected chi connectivity index (χ3v) is 9.43. The van der Waals surface area contributed by atoms with Gasteiger partial charge < -0.3 is 28.7 Å². The molecule has 0 aliphatic carbocycles. The van der Waals surface area contributed by atoms with Crippen molar-refractivity contribution >= 4 is 11.4 Å². The predicted octanol–water partition coefficient (Wildman–Crippen LogP) is 5.77. The van der Waals surface area contributed by atoms with Crippen LogP contribution in [0.3, 0.4) is 0 Å². The molecule has 0 spiro atoms. The van der Waals surface area contributed by atoms with Gasteiger partial charge in [0.05, 0.1) is 24.9 Å². The molecule has 274 valence electrons. The quantitative estimate of drug-likeness (QED) is 0.159. The Morgan fingerprint density at radius 2 is 1.50 bits per heavy atom. The average Bonchev–Trinajstić information content (AvgIpc) is 3.92. The van der Waals surface area contributed by atoms with Crippen LogP contribution in [0.4, 0.5) is 24.5 Å².